The lowest BCUT2D eigenvalue weighted by Gasteiger charge is -2.23. The molecule has 0 radical (unpaired) electrons. The highest BCUT2D eigenvalue weighted by atomic mass is 16.7. The molecule has 0 saturated carbocycles. The first-order valence-electron chi connectivity index (χ1n) is 10.5. The topological polar surface area (TPSA) is 99.9 Å². The van der Waals surface area contributed by atoms with Gasteiger partial charge in [-0.1, -0.05) is 18.2 Å². The predicted octanol–water partition coefficient (Wildman–Crippen LogP) is 4.43. The zero-order valence-electron chi connectivity index (χ0n) is 18.3. The molecular formula is C24H30N2O5. The van der Waals surface area contributed by atoms with E-state index in [4.69, 9.17) is 19.9 Å². The highest BCUT2D eigenvalue weighted by Crippen LogP contribution is 2.25. The van der Waals surface area contributed by atoms with Crippen LogP contribution in [0.4, 0.5) is 10.5 Å². The van der Waals surface area contributed by atoms with E-state index in [1.165, 1.54) is 0 Å². The number of nitrogens with one attached hydrogen (secondary N) is 1. The van der Waals surface area contributed by atoms with E-state index in [1.807, 2.05) is 6.07 Å². The summed E-state index contributed by atoms with van der Waals surface area (Å²) in [6.07, 6.45) is 2.09. The van der Waals surface area contributed by atoms with Crippen LogP contribution in [-0.4, -0.2) is 30.4 Å². The summed E-state index contributed by atoms with van der Waals surface area (Å²) < 4.78 is 16.7. The van der Waals surface area contributed by atoms with Crippen molar-refractivity contribution in [1.82, 2.24) is 5.32 Å². The second-order valence-electron chi connectivity index (χ2n) is 8.55. The van der Waals surface area contributed by atoms with Crippen molar-refractivity contribution in [2.24, 2.45) is 0 Å². The number of carbonyl (C=O) groups is 2. The zero-order chi connectivity index (χ0) is 22.4. The minimum atomic E-state index is -0.574. The van der Waals surface area contributed by atoms with Crippen LogP contribution < -0.4 is 15.8 Å². The van der Waals surface area contributed by atoms with E-state index in [2.05, 4.69) is 5.32 Å². The number of anilines is 1. The van der Waals surface area contributed by atoms with Crippen molar-refractivity contribution in [3.63, 3.8) is 0 Å². The molecule has 0 spiro atoms. The van der Waals surface area contributed by atoms with Gasteiger partial charge in [0.15, 0.2) is 12.1 Å². The molecule has 1 fully saturated rings. The lowest BCUT2D eigenvalue weighted by atomic mass is 9.99. The molecule has 0 aromatic heterocycles. The van der Waals surface area contributed by atoms with Crippen LogP contribution in [-0.2, 0) is 16.0 Å². The monoisotopic (exact) mass is 426 g/mol. The number of carbonyl (C=O) groups excluding carboxylic acids is 2. The van der Waals surface area contributed by atoms with Crippen LogP contribution in [0.5, 0.6) is 5.75 Å². The molecule has 1 amide bonds. The quantitative estimate of drug-likeness (QED) is 0.524. The highest BCUT2D eigenvalue weighted by molar-refractivity contribution is 6.12. The van der Waals surface area contributed by atoms with E-state index in [1.54, 1.807) is 57.2 Å². The summed E-state index contributed by atoms with van der Waals surface area (Å²) in [6, 6.07) is 12.1. The van der Waals surface area contributed by atoms with Crippen molar-refractivity contribution >= 4 is 17.6 Å². The Hall–Kier alpha value is -3.06. The van der Waals surface area contributed by atoms with Gasteiger partial charge in [-0.2, -0.15) is 0 Å². The number of ether oxygens (including phenoxy) is 3. The third-order valence-electron chi connectivity index (χ3n) is 4.70. The summed E-state index contributed by atoms with van der Waals surface area (Å²) in [6.45, 7) is 6.32. The fourth-order valence-corrected chi connectivity index (χ4v) is 3.23. The van der Waals surface area contributed by atoms with E-state index in [9.17, 15) is 9.59 Å². The summed E-state index contributed by atoms with van der Waals surface area (Å²) in [5.41, 5.74) is 7.49. The number of hydrogen-bond donors (Lipinski definition) is 2. The lowest BCUT2D eigenvalue weighted by Crippen LogP contribution is -2.32. The number of alkyl carbamates (subject to hydrolysis) is 1. The summed E-state index contributed by atoms with van der Waals surface area (Å²) in [4.78, 5) is 25.0. The van der Waals surface area contributed by atoms with E-state index < -0.39 is 11.7 Å². The molecule has 1 unspecified atom stereocenters. The molecule has 2 aromatic carbocycles. The zero-order valence-corrected chi connectivity index (χ0v) is 18.3. The Morgan fingerprint density at radius 3 is 2.68 bits per heavy atom. The van der Waals surface area contributed by atoms with Gasteiger partial charge in [0.25, 0.3) is 0 Å². The minimum absolute atomic E-state index is 0.216. The van der Waals surface area contributed by atoms with E-state index in [0.29, 0.717) is 29.2 Å². The van der Waals surface area contributed by atoms with Crippen LogP contribution in [0.15, 0.2) is 42.5 Å². The fraction of sp³-hybridized carbons (Fsp3) is 0.417. The maximum atomic E-state index is 13.1. The maximum Gasteiger partial charge on any atom is 0.407 e. The largest absolute Gasteiger partial charge is 0.465 e. The number of nitrogen functional groups attached to an aromatic ring is 1. The van der Waals surface area contributed by atoms with Gasteiger partial charge in [-0.15, -0.1) is 0 Å². The van der Waals surface area contributed by atoms with Crippen molar-refractivity contribution in [3.05, 3.63) is 59.2 Å². The Balaban J connectivity index is 1.70. The number of ketones is 1. The van der Waals surface area contributed by atoms with Gasteiger partial charge in [0, 0.05) is 29.8 Å². The smallest absolute Gasteiger partial charge is 0.407 e. The number of nitrogens with two attached hydrogens (primary N) is 1. The molecule has 7 nitrogen and oxygen atoms in total. The van der Waals surface area contributed by atoms with Crippen LogP contribution in [0.1, 0.15) is 61.5 Å². The first-order valence-corrected chi connectivity index (χ1v) is 10.5. The summed E-state index contributed by atoms with van der Waals surface area (Å²) >= 11 is 0. The van der Waals surface area contributed by atoms with Gasteiger partial charge in [0.1, 0.15) is 11.4 Å². The Morgan fingerprint density at radius 1 is 1.16 bits per heavy atom. The normalized spacial score (nSPS) is 16.4. The molecular weight excluding hydrogens is 396 g/mol. The van der Waals surface area contributed by atoms with Gasteiger partial charge < -0.3 is 25.3 Å². The summed E-state index contributed by atoms with van der Waals surface area (Å²) in [5, 5.41) is 2.70. The van der Waals surface area contributed by atoms with E-state index in [0.717, 1.165) is 24.8 Å². The fourth-order valence-electron chi connectivity index (χ4n) is 3.23. The Bertz CT molecular complexity index is 930. The summed E-state index contributed by atoms with van der Waals surface area (Å²) in [5.74, 6) is 0.332. The van der Waals surface area contributed by atoms with Crippen LogP contribution in [0.25, 0.3) is 0 Å². The van der Waals surface area contributed by atoms with Crippen molar-refractivity contribution in [3.8, 4) is 5.75 Å². The van der Waals surface area contributed by atoms with Crippen molar-refractivity contribution < 1.29 is 23.8 Å². The Kier molecular flexibility index (Phi) is 7.17. The van der Waals surface area contributed by atoms with Crippen LogP contribution >= 0.6 is 0 Å². The molecule has 166 valence electrons. The van der Waals surface area contributed by atoms with Gasteiger partial charge in [-0.25, -0.2) is 4.79 Å². The SMILES string of the molecule is CC(C)(C)OC(=O)NCc1cccc(C(=O)c2cc(OC3CCCCO3)ccc2N)c1. The molecule has 7 heteroatoms. The molecule has 2 aromatic rings. The average Bonchev–Trinajstić information content (AvgIpc) is 2.73. The van der Waals surface area contributed by atoms with Gasteiger partial charge >= 0.3 is 6.09 Å². The third kappa shape index (κ3) is 6.72. The first kappa shape index (κ1) is 22.6. The van der Waals surface area contributed by atoms with Crippen molar-refractivity contribution in [2.75, 3.05) is 12.3 Å². The number of hydrogen-bond acceptors (Lipinski definition) is 6. The molecule has 3 rings (SSSR count). The van der Waals surface area contributed by atoms with Gasteiger partial charge in [-0.05, 0) is 63.4 Å². The van der Waals surface area contributed by atoms with Crippen LogP contribution in [0, 0.1) is 0 Å². The van der Waals surface area contributed by atoms with Crippen LogP contribution in [0.3, 0.4) is 0 Å². The van der Waals surface area contributed by atoms with Crippen molar-refractivity contribution in [2.45, 2.75) is 58.5 Å². The van der Waals surface area contributed by atoms with Crippen molar-refractivity contribution in [1.29, 1.82) is 0 Å². The molecule has 1 atom stereocenters. The molecule has 1 saturated heterocycles. The standard InChI is InChI=1S/C24H30N2O5/c1-24(2,3)31-23(28)26-15-16-7-6-8-17(13-16)22(27)19-14-18(10-11-20(19)25)30-21-9-4-5-12-29-21/h6-8,10-11,13-14,21H,4-5,9,12,15,25H2,1-3H3,(H,26,28). The maximum absolute atomic E-state index is 13.1. The van der Waals surface area contributed by atoms with Crippen LogP contribution in [0.2, 0.25) is 0 Å². The minimum Gasteiger partial charge on any atom is -0.465 e. The Morgan fingerprint density at radius 2 is 1.97 bits per heavy atom. The second kappa shape index (κ2) is 9.83. The molecule has 1 aliphatic rings. The predicted molar refractivity (Wildman–Crippen MR) is 118 cm³/mol. The van der Waals surface area contributed by atoms with Gasteiger partial charge in [-0.3, -0.25) is 4.79 Å². The second-order valence-corrected chi connectivity index (χ2v) is 8.55. The number of amides is 1. The molecule has 1 aliphatic heterocycles. The first-order chi connectivity index (χ1) is 14.7. The molecule has 3 N–H and O–H groups in total. The van der Waals surface area contributed by atoms with Gasteiger partial charge in [0.2, 0.25) is 0 Å². The number of rotatable bonds is 6. The average molecular weight is 427 g/mol. The Labute approximate surface area is 182 Å². The van der Waals surface area contributed by atoms with E-state index >= 15 is 0 Å². The third-order valence-corrected chi connectivity index (χ3v) is 4.70. The molecule has 0 bridgehead atoms. The number of benzene rings is 2. The highest BCUT2D eigenvalue weighted by Gasteiger charge is 2.19. The molecule has 1 heterocycles. The molecule has 0 aliphatic carbocycles. The molecule has 31 heavy (non-hydrogen) atoms. The van der Waals surface area contributed by atoms with E-state index in [-0.39, 0.29) is 18.6 Å². The lowest BCUT2D eigenvalue weighted by molar-refractivity contribution is -0.105. The van der Waals surface area contributed by atoms with Gasteiger partial charge in [0.05, 0.1) is 6.61 Å². The summed E-state index contributed by atoms with van der Waals surface area (Å²) in [7, 11) is 0.